The van der Waals surface area contributed by atoms with Crippen LogP contribution in [0.5, 0.6) is 0 Å². The maximum atomic E-state index is 12.8. The van der Waals surface area contributed by atoms with E-state index in [0.29, 0.717) is 19.3 Å². The van der Waals surface area contributed by atoms with Crippen LogP contribution in [0.2, 0.25) is 0 Å². The molecule has 0 fully saturated rings. The Kier molecular flexibility index (Phi) is 55.4. The Morgan fingerprint density at radius 2 is 0.592 bits per heavy atom. The van der Waals surface area contributed by atoms with Crippen LogP contribution >= 0.6 is 0 Å². The summed E-state index contributed by atoms with van der Waals surface area (Å²) in [7, 11) is 0. The Bertz CT molecular complexity index is 1460. The molecule has 0 saturated carbocycles. The van der Waals surface area contributed by atoms with Crippen LogP contribution in [0, 0.1) is 0 Å². The van der Waals surface area contributed by atoms with Crippen molar-refractivity contribution in [2.45, 2.75) is 271 Å². The van der Waals surface area contributed by atoms with E-state index in [0.717, 1.165) is 96.3 Å². The quantitative estimate of drug-likeness (QED) is 0.0261. The number of hydrogen-bond donors (Lipinski definition) is 0. The number of carbonyl (C=O) groups is 3. The van der Waals surface area contributed by atoms with Crippen LogP contribution in [0.4, 0.5) is 0 Å². The van der Waals surface area contributed by atoms with Gasteiger partial charge in [-0.1, -0.05) is 246 Å². The highest BCUT2D eigenvalue weighted by atomic mass is 16.6. The summed E-state index contributed by atoms with van der Waals surface area (Å²) in [6.07, 6.45) is 79.6. The molecule has 0 spiro atoms. The second-order valence-corrected chi connectivity index (χ2v) is 19.2. The molecule has 1 atom stereocenters. The molecular weight excluding hydrogens is 877 g/mol. The molecule has 0 saturated heterocycles. The van der Waals surface area contributed by atoms with Gasteiger partial charge in [0.1, 0.15) is 13.2 Å². The van der Waals surface area contributed by atoms with Gasteiger partial charge in [0.15, 0.2) is 6.10 Å². The highest BCUT2D eigenvalue weighted by molar-refractivity contribution is 5.72. The van der Waals surface area contributed by atoms with E-state index in [9.17, 15) is 14.4 Å². The lowest BCUT2D eigenvalue weighted by Crippen LogP contribution is -2.30. The van der Waals surface area contributed by atoms with Gasteiger partial charge in [0.05, 0.1) is 6.42 Å². The number of allylic oxidation sites excluding steroid dienone is 17. The van der Waals surface area contributed by atoms with Crippen molar-refractivity contribution in [2.24, 2.45) is 0 Å². The molecule has 71 heavy (non-hydrogen) atoms. The lowest BCUT2D eigenvalue weighted by molar-refractivity contribution is -0.166. The van der Waals surface area contributed by atoms with Crippen molar-refractivity contribution in [2.75, 3.05) is 13.2 Å². The van der Waals surface area contributed by atoms with Gasteiger partial charge in [0.25, 0.3) is 0 Å². The molecule has 404 valence electrons. The third-order valence-corrected chi connectivity index (χ3v) is 12.3. The average Bonchev–Trinajstić information content (AvgIpc) is 3.37. The molecule has 0 rings (SSSR count). The van der Waals surface area contributed by atoms with Gasteiger partial charge >= 0.3 is 17.9 Å². The Morgan fingerprint density at radius 3 is 0.944 bits per heavy atom. The Morgan fingerprint density at radius 1 is 0.310 bits per heavy atom. The van der Waals surface area contributed by atoms with Crippen LogP contribution in [0.3, 0.4) is 0 Å². The van der Waals surface area contributed by atoms with Crippen molar-refractivity contribution in [1.29, 1.82) is 0 Å². The van der Waals surface area contributed by atoms with Gasteiger partial charge in [0, 0.05) is 12.8 Å². The molecule has 0 bridgehead atoms. The summed E-state index contributed by atoms with van der Waals surface area (Å²) in [5, 5.41) is 0. The number of unbranched alkanes of at least 4 members (excludes halogenated alkanes) is 24. The minimum absolute atomic E-state index is 0.0908. The first-order chi connectivity index (χ1) is 35.0. The molecule has 0 N–H and O–H groups in total. The molecule has 1 unspecified atom stereocenters. The Hall–Kier alpha value is -3.93. The monoisotopic (exact) mass is 985 g/mol. The van der Waals surface area contributed by atoms with Gasteiger partial charge in [-0.15, -0.1) is 0 Å². The molecule has 0 aromatic heterocycles. The van der Waals surface area contributed by atoms with Crippen molar-refractivity contribution in [3.8, 4) is 0 Å². The zero-order valence-electron chi connectivity index (χ0n) is 46.2. The van der Waals surface area contributed by atoms with Gasteiger partial charge in [-0.25, -0.2) is 0 Å². The van der Waals surface area contributed by atoms with Gasteiger partial charge in [-0.3, -0.25) is 14.4 Å². The molecule has 0 aliphatic heterocycles. The van der Waals surface area contributed by atoms with Crippen LogP contribution in [0.25, 0.3) is 0 Å². The molecule has 0 aromatic rings. The summed E-state index contributed by atoms with van der Waals surface area (Å²) in [6.45, 7) is 6.42. The third kappa shape index (κ3) is 56.9. The lowest BCUT2D eigenvalue weighted by atomic mass is 10.1. The van der Waals surface area contributed by atoms with E-state index in [1.807, 2.05) is 6.08 Å². The number of esters is 3. The highest BCUT2D eigenvalue weighted by Crippen LogP contribution is 2.14. The fourth-order valence-electron chi connectivity index (χ4n) is 7.87. The standard InChI is InChI=1S/C65H108O6/c1-4-7-10-13-16-19-22-25-28-29-30-31-32-33-34-35-38-40-43-46-49-52-55-58-64(67)70-61-62(71-65(68)59-56-53-50-47-44-41-37-27-24-21-18-15-12-9-6-3)60-69-63(66)57-54-51-48-45-42-39-36-26-23-20-17-14-11-8-5-2/h9,12,18,21-22,25-27,29-30,32-33,36-37,44,47,53,56,62H,4-8,10-11,13-17,19-20,23-24,28,31,34-35,38-43,45-46,48-52,54-55,57-61H2,1-3H3/b12-9-,21-18-,25-22-,30-29-,33-32-,36-26-,37-27-,47-44-,56-53-. The zero-order valence-corrected chi connectivity index (χ0v) is 46.2. The molecular formula is C65H108O6. The number of carbonyl (C=O) groups excluding carboxylic acids is 3. The van der Waals surface area contributed by atoms with E-state index in [4.69, 9.17) is 14.2 Å². The normalized spacial score (nSPS) is 12.9. The van der Waals surface area contributed by atoms with Crippen molar-refractivity contribution >= 4 is 17.9 Å². The largest absolute Gasteiger partial charge is 0.462 e. The number of ether oxygens (including phenoxy) is 3. The molecule has 0 aliphatic rings. The van der Waals surface area contributed by atoms with Crippen LogP contribution < -0.4 is 0 Å². The summed E-state index contributed by atoms with van der Waals surface area (Å²) in [5.74, 6) is -1.07. The van der Waals surface area contributed by atoms with Gasteiger partial charge in [-0.05, 0) is 109 Å². The van der Waals surface area contributed by atoms with Gasteiger partial charge in [0.2, 0.25) is 0 Å². The van der Waals surface area contributed by atoms with Crippen LogP contribution in [0.1, 0.15) is 265 Å². The minimum Gasteiger partial charge on any atom is -0.462 e. The highest BCUT2D eigenvalue weighted by Gasteiger charge is 2.19. The number of hydrogen-bond acceptors (Lipinski definition) is 6. The zero-order chi connectivity index (χ0) is 51.4. The summed E-state index contributed by atoms with van der Waals surface area (Å²) in [4.78, 5) is 38.1. The second kappa shape index (κ2) is 58.6. The molecule has 0 aliphatic carbocycles. The summed E-state index contributed by atoms with van der Waals surface area (Å²) in [5.41, 5.74) is 0. The van der Waals surface area contributed by atoms with Crippen molar-refractivity contribution in [3.05, 3.63) is 109 Å². The van der Waals surface area contributed by atoms with E-state index < -0.39 is 12.1 Å². The second-order valence-electron chi connectivity index (χ2n) is 19.2. The summed E-state index contributed by atoms with van der Waals surface area (Å²) >= 11 is 0. The molecule has 0 radical (unpaired) electrons. The maximum Gasteiger partial charge on any atom is 0.310 e. The fourth-order valence-corrected chi connectivity index (χ4v) is 7.87. The molecule has 0 aromatic carbocycles. The smallest absolute Gasteiger partial charge is 0.310 e. The molecule has 6 heteroatoms. The maximum absolute atomic E-state index is 12.8. The van der Waals surface area contributed by atoms with Gasteiger partial charge in [-0.2, -0.15) is 0 Å². The minimum atomic E-state index is -0.841. The van der Waals surface area contributed by atoms with Crippen molar-refractivity contribution in [3.63, 3.8) is 0 Å². The Balaban J connectivity index is 4.46. The average molecular weight is 986 g/mol. The van der Waals surface area contributed by atoms with Crippen LogP contribution in [-0.2, 0) is 28.6 Å². The van der Waals surface area contributed by atoms with E-state index in [1.165, 1.54) is 122 Å². The number of rotatable bonds is 52. The fraction of sp³-hybridized carbons (Fsp3) is 0.677. The summed E-state index contributed by atoms with van der Waals surface area (Å²) in [6, 6.07) is 0. The van der Waals surface area contributed by atoms with E-state index in [1.54, 1.807) is 6.08 Å². The first-order valence-corrected chi connectivity index (χ1v) is 29.4. The topological polar surface area (TPSA) is 78.9 Å². The Labute approximate surface area is 438 Å². The first kappa shape index (κ1) is 67.1. The van der Waals surface area contributed by atoms with E-state index in [-0.39, 0.29) is 31.6 Å². The first-order valence-electron chi connectivity index (χ1n) is 29.4. The van der Waals surface area contributed by atoms with Crippen molar-refractivity contribution in [1.82, 2.24) is 0 Å². The van der Waals surface area contributed by atoms with Crippen molar-refractivity contribution < 1.29 is 28.6 Å². The predicted octanol–water partition coefficient (Wildman–Crippen LogP) is 19.9. The molecule has 6 nitrogen and oxygen atoms in total. The molecule has 0 amide bonds. The lowest BCUT2D eigenvalue weighted by Gasteiger charge is -2.18. The van der Waals surface area contributed by atoms with E-state index >= 15 is 0 Å². The predicted molar refractivity (Wildman–Crippen MR) is 307 cm³/mol. The summed E-state index contributed by atoms with van der Waals surface area (Å²) < 4.78 is 16.7. The third-order valence-electron chi connectivity index (χ3n) is 12.3. The SMILES string of the molecule is CC/C=C\C/C=C\C/C=C\C/C=C\C/C=C\CC(=O)OC(COC(=O)CCCCCCC/C=C\CCCCCCCC)COC(=O)CCCCCCCCCC/C=C\C/C=C\C/C=C\CCCCCCC. The van der Waals surface area contributed by atoms with Crippen LogP contribution in [0.15, 0.2) is 109 Å². The van der Waals surface area contributed by atoms with E-state index in [2.05, 4.69) is 118 Å². The molecule has 0 heterocycles. The van der Waals surface area contributed by atoms with Crippen LogP contribution in [-0.4, -0.2) is 37.2 Å². The van der Waals surface area contributed by atoms with Gasteiger partial charge < -0.3 is 14.2 Å².